The van der Waals surface area contributed by atoms with Crippen LogP contribution in [-0.2, 0) is 4.79 Å². The maximum absolute atomic E-state index is 12.1. The maximum Gasteiger partial charge on any atom is 0.252 e. The Bertz CT molecular complexity index is 526. The van der Waals surface area contributed by atoms with Gasteiger partial charge in [-0.2, -0.15) is 0 Å². The van der Waals surface area contributed by atoms with Crippen LogP contribution in [-0.4, -0.2) is 61.5 Å². The van der Waals surface area contributed by atoms with E-state index in [1.165, 1.54) is 0 Å². The van der Waals surface area contributed by atoms with Crippen LogP contribution in [0.3, 0.4) is 0 Å². The number of carbonyl (C=O) groups is 2. The summed E-state index contributed by atoms with van der Waals surface area (Å²) >= 11 is 0. The Hall–Kier alpha value is -2.15. The molecule has 7 nitrogen and oxygen atoms in total. The number of nitrogens with one attached hydrogen (secondary N) is 1. The largest absolute Gasteiger partial charge is 0.365 e. The van der Waals surface area contributed by atoms with E-state index in [1.54, 1.807) is 18.3 Å². The first kappa shape index (κ1) is 16.2. The molecule has 120 valence electrons. The van der Waals surface area contributed by atoms with Crippen molar-refractivity contribution in [1.29, 1.82) is 0 Å². The van der Waals surface area contributed by atoms with Crippen LogP contribution in [0.25, 0.3) is 0 Å². The van der Waals surface area contributed by atoms with Crippen molar-refractivity contribution in [2.24, 2.45) is 5.73 Å². The highest BCUT2D eigenvalue weighted by atomic mass is 16.2. The fraction of sp³-hybridized carbons (Fsp3) is 0.533. The molecule has 0 unspecified atom stereocenters. The van der Waals surface area contributed by atoms with Crippen LogP contribution < -0.4 is 16.0 Å². The normalized spacial score (nSPS) is 15.0. The minimum absolute atomic E-state index is 0.186. The number of hydrogen-bond acceptors (Lipinski definition) is 5. The van der Waals surface area contributed by atoms with E-state index in [-0.39, 0.29) is 5.91 Å². The Morgan fingerprint density at radius 1 is 1.32 bits per heavy atom. The molecule has 0 spiro atoms. The molecule has 0 atom stereocenters. The van der Waals surface area contributed by atoms with Crippen molar-refractivity contribution in [2.45, 2.75) is 12.8 Å². The van der Waals surface area contributed by atoms with E-state index in [0.717, 1.165) is 13.0 Å². The number of nitrogens with two attached hydrogens (primary N) is 1. The molecule has 1 saturated heterocycles. The fourth-order valence-corrected chi connectivity index (χ4v) is 2.58. The molecule has 2 heterocycles. The quantitative estimate of drug-likeness (QED) is 0.712. The number of anilines is 1. The van der Waals surface area contributed by atoms with E-state index in [1.807, 2.05) is 16.8 Å². The molecule has 2 rings (SSSR count). The van der Waals surface area contributed by atoms with E-state index in [0.29, 0.717) is 44.0 Å². The monoisotopic (exact) mass is 305 g/mol. The Kier molecular flexibility index (Phi) is 5.71. The highest BCUT2D eigenvalue weighted by Gasteiger charge is 2.23. The number of piperazine rings is 1. The lowest BCUT2D eigenvalue weighted by atomic mass is 10.2. The topological polar surface area (TPSA) is 91.6 Å². The van der Waals surface area contributed by atoms with Crippen molar-refractivity contribution in [3.63, 3.8) is 0 Å². The Morgan fingerprint density at radius 3 is 2.68 bits per heavy atom. The molecule has 7 heteroatoms. The molecule has 3 N–H and O–H groups in total. The number of pyridine rings is 1. The number of nitrogens with zero attached hydrogens (tertiary/aromatic N) is 3. The molecule has 1 aromatic rings. The zero-order valence-electron chi connectivity index (χ0n) is 12.9. The second-order valence-corrected chi connectivity index (χ2v) is 5.31. The van der Waals surface area contributed by atoms with Crippen molar-refractivity contribution >= 4 is 17.6 Å². The summed E-state index contributed by atoms with van der Waals surface area (Å²) in [4.78, 5) is 31.7. The van der Waals surface area contributed by atoms with Gasteiger partial charge in [-0.05, 0) is 32.1 Å². The van der Waals surface area contributed by atoms with Crippen LogP contribution in [0, 0.1) is 0 Å². The zero-order valence-corrected chi connectivity index (χ0v) is 12.9. The number of amides is 2. The SMILES string of the molecule is CNCCCC(=O)N1CCN(c2ncccc2C(N)=O)CC1. The van der Waals surface area contributed by atoms with Gasteiger partial charge >= 0.3 is 0 Å². The number of aromatic nitrogens is 1. The average Bonchev–Trinajstić information content (AvgIpc) is 2.55. The Balaban J connectivity index is 1.92. The standard InChI is InChI=1S/C15H23N5O2/c1-17-6-3-5-13(21)19-8-10-20(11-9-19)15-12(14(16)22)4-2-7-18-15/h2,4,7,17H,3,5-6,8-11H2,1H3,(H2,16,22). The zero-order chi connectivity index (χ0) is 15.9. The molecule has 1 aliphatic heterocycles. The third-order valence-electron chi connectivity index (χ3n) is 3.80. The van der Waals surface area contributed by atoms with Crippen molar-refractivity contribution in [3.05, 3.63) is 23.9 Å². The summed E-state index contributed by atoms with van der Waals surface area (Å²) in [5, 5.41) is 3.04. The van der Waals surface area contributed by atoms with Crippen LogP contribution in [0.4, 0.5) is 5.82 Å². The van der Waals surface area contributed by atoms with Crippen LogP contribution >= 0.6 is 0 Å². The number of rotatable bonds is 6. The van der Waals surface area contributed by atoms with Gasteiger partial charge in [-0.25, -0.2) is 4.98 Å². The van der Waals surface area contributed by atoms with Crippen LogP contribution in [0.1, 0.15) is 23.2 Å². The number of carbonyl (C=O) groups excluding carboxylic acids is 2. The van der Waals surface area contributed by atoms with E-state index in [4.69, 9.17) is 5.73 Å². The molecule has 1 aliphatic rings. The molecule has 0 radical (unpaired) electrons. The van der Waals surface area contributed by atoms with E-state index in [2.05, 4.69) is 10.3 Å². The third kappa shape index (κ3) is 3.94. The molecule has 0 bridgehead atoms. The summed E-state index contributed by atoms with van der Waals surface area (Å²) in [6, 6.07) is 3.38. The summed E-state index contributed by atoms with van der Waals surface area (Å²) in [5.74, 6) is 0.317. The third-order valence-corrected chi connectivity index (χ3v) is 3.80. The second-order valence-electron chi connectivity index (χ2n) is 5.31. The first-order valence-electron chi connectivity index (χ1n) is 7.55. The van der Waals surface area contributed by atoms with Gasteiger partial charge in [0.25, 0.3) is 5.91 Å². The lowest BCUT2D eigenvalue weighted by Crippen LogP contribution is -2.49. The first-order valence-corrected chi connectivity index (χ1v) is 7.55. The molecular weight excluding hydrogens is 282 g/mol. The smallest absolute Gasteiger partial charge is 0.252 e. The van der Waals surface area contributed by atoms with E-state index in [9.17, 15) is 9.59 Å². The summed E-state index contributed by atoms with van der Waals surface area (Å²) in [6.07, 6.45) is 3.07. The highest BCUT2D eigenvalue weighted by Crippen LogP contribution is 2.18. The molecule has 22 heavy (non-hydrogen) atoms. The second kappa shape index (κ2) is 7.74. The minimum atomic E-state index is -0.478. The number of hydrogen-bond donors (Lipinski definition) is 2. The van der Waals surface area contributed by atoms with Gasteiger partial charge in [0, 0.05) is 38.8 Å². The van der Waals surface area contributed by atoms with Crippen LogP contribution in [0.2, 0.25) is 0 Å². The first-order chi connectivity index (χ1) is 10.6. The van der Waals surface area contributed by atoms with E-state index >= 15 is 0 Å². The highest BCUT2D eigenvalue weighted by molar-refractivity contribution is 5.97. The molecule has 0 aliphatic carbocycles. The summed E-state index contributed by atoms with van der Waals surface area (Å²) < 4.78 is 0. The lowest BCUT2D eigenvalue weighted by molar-refractivity contribution is -0.131. The lowest BCUT2D eigenvalue weighted by Gasteiger charge is -2.36. The molecular formula is C15H23N5O2. The van der Waals surface area contributed by atoms with Gasteiger partial charge in [0.05, 0.1) is 5.56 Å². The maximum atomic E-state index is 12.1. The van der Waals surface area contributed by atoms with Crippen LogP contribution in [0.15, 0.2) is 18.3 Å². The summed E-state index contributed by atoms with van der Waals surface area (Å²) in [6.45, 7) is 3.46. The Labute approximate surface area is 130 Å². The van der Waals surface area contributed by atoms with Gasteiger partial charge in [0.15, 0.2) is 0 Å². The van der Waals surface area contributed by atoms with Crippen molar-refractivity contribution < 1.29 is 9.59 Å². The van der Waals surface area contributed by atoms with Gasteiger partial charge in [-0.3, -0.25) is 9.59 Å². The summed E-state index contributed by atoms with van der Waals surface area (Å²) in [5.41, 5.74) is 5.82. The molecule has 0 saturated carbocycles. The van der Waals surface area contributed by atoms with Crippen molar-refractivity contribution in [1.82, 2.24) is 15.2 Å². The average molecular weight is 305 g/mol. The molecule has 1 aromatic heterocycles. The molecule has 2 amide bonds. The van der Waals surface area contributed by atoms with Gasteiger partial charge in [0.1, 0.15) is 5.82 Å². The van der Waals surface area contributed by atoms with Crippen molar-refractivity contribution in [3.8, 4) is 0 Å². The predicted molar refractivity (Wildman–Crippen MR) is 84.7 cm³/mol. The van der Waals surface area contributed by atoms with Gasteiger partial charge in [0.2, 0.25) is 5.91 Å². The summed E-state index contributed by atoms with van der Waals surface area (Å²) in [7, 11) is 1.88. The van der Waals surface area contributed by atoms with Gasteiger partial charge < -0.3 is 20.9 Å². The Morgan fingerprint density at radius 2 is 2.05 bits per heavy atom. The molecule has 1 fully saturated rings. The predicted octanol–water partition coefficient (Wildman–Crippen LogP) is -0.171. The molecule has 0 aromatic carbocycles. The minimum Gasteiger partial charge on any atom is -0.365 e. The fourth-order valence-electron chi connectivity index (χ4n) is 2.58. The number of primary amides is 1. The van der Waals surface area contributed by atoms with Gasteiger partial charge in [-0.1, -0.05) is 0 Å². The van der Waals surface area contributed by atoms with Crippen LogP contribution in [0.5, 0.6) is 0 Å². The van der Waals surface area contributed by atoms with E-state index < -0.39 is 5.91 Å². The van der Waals surface area contributed by atoms with Gasteiger partial charge in [-0.15, -0.1) is 0 Å². The van der Waals surface area contributed by atoms with Crippen molar-refractivity contribution in [2.75, 3.05) is 44.7 Å².